The SMILES string of the molecule is NCC(=O)NCc1cn(-c2ccccc2[N+](=O)[O-])nn1. The molecule has 9 nitrogen and oxygen atoms in total. The summed E-state index contributed by atoms with van der Waals surface area (Å²) in [6.45, 7) is 0.0506. The Morgan fingerprint density at radius 1 is 1.45 bits per heavy atom. The summed E-state index contributed by atoms with van der Waals surface area (Å²) in [7, 11) is 0. The van der Waals surface area contributed by atoms with Gasteiger partial charge in [0.2, 0.25) is 5.91 Å². The number of nitrogens with one attached hydrogen (secondary N) is 1. The third kappa shape index (κ3) is 2.95. The van der Waals surface area contributed by atoms with Crippen molar-refractivity contribution in [3.8, 4) is 5.69 Å². The van der Waals surface area contributed by atoms with Crippen molar-refractivity contribution in [3.63, 3.8) is 0 Å². The maximum atomic E-state index is 11.0. The molecule has 3 N–H and O–H groups in total. The molecule has 0 fully saturated rings. The molecule has 9 heteroatoms. The number of para-hydroxylation sites is 2. The molecule has 0 radical (unpaired) electrons. The van der Waals surface area contributed by atoms with Gasteiger partial charge in [0, 0.05) is 6.07 Å². The normalized spacial score (nSPS) is 10.2. The largest absolute Gasteiger partial charge is 0.349 e. The van der Waals surface area contributed by atoms with Gasteiger partial charge in [0.1, 0.15) is 11.4 Å². The smallest absolute Gasteiger partial charge is 0.294 e. The summed E-state index contributed by atoms with van der Waals surface area (Å²) >= 11 is 0. The van der Waals surface area contributed by atoms with Gasteiger partial charge in [-0.2, -0.15) is 0 Å². The predicted octanol–water partition coefficient (Wildman–Crippen LogP) is -0.250. The number of benzene rings is 1. The van der Waals surface area contributed by atoms with Gasteiger partial charge >= 0.3 is 0 Å². The van der Waals surface area contributed by atoms with E-state index < -0.39 is 4.92 Å². The first kappa shape index (κ1) is 13.6. The van der Waals surface area contributed by atoms with Crippen LogP contribution in [-0.2, 0) is 11.3 Å². The molecule has 0 atom stereocenters. The van der Waals surface area contributed by atoms with Crippen LogP contribution in [0.1, 0.15) is 5.69 Å². The van der Waals surface area contributed by atoms with E-state index in [0.717, 1.165) is 0 Å². The second-order valence-electron chi connectivity index (χ2n) is 3.88. The molecule has 0 aliphatic rings. The van der Waals surface area contributed by atoms with E-state index in [1.165, 1.54) is 16.9 Å². The predicted molar refractivity (Wildman–Crippen MR) is 68.9 cm³/mol. The molecule has 0 aliphatic carbocycles. The topological polar surface area (TPSA) is 129 Å². The zero-order valence-electron chi connectivity index (χ0n) is 10.4. The number of amides is 1. The Kier molecular flexibility index (Phi) is 4.01. The number of nitrogens with two attached hydrogens (primary N) is 1. The molecular weight excluding hydrogens is 264 g/mol. The minimum atomic E-state index is -0.493. The Labute approximate surface area is 113 Å². The van der Waals surface area contributed by atoms with E-state index in [1.807, 2.05) is 0 Å². The molecule has 1 heterocycles. The van der Waals surface area contributed by atoms with Gasteiger partial charge in [-0.25, -0.2) is 4.68 Å². The van der Waals surface area contributed by atoms with Crippen molar-refractivity contribution in [3.05, 3.63) is 46.3 Å². The monoisotopic (exact) mass is 276 g/mol. The third-order valence-corrected chi connectivity index (χ3v) is 2.52. The summed E-state index contributed by atoms with van der Waals surface area (Å²) in [5.74, 6) is -0.315. The molecule has 0 aliphatic heterocycles. The van der Waals surface area contributed by atoms with Crippen LogP contribution < -0.4 is 11.1 Å². The standard InChI is InChI=1S/C11H12N6O3/c12-5-11(18)13-6-8-7-16(15-14-8)9-3-1-2-4-10(9)17(19)20/h1-4,7H,5-6,12H2,(H,13,18). The highest BCUT2D eigenvalue weighted by Gasteiger charge is 2.15. The minimum absolute atomic E-state index is 0.0741. The molecule has 0 saturated carbocycles. The fourth-order valence-electron chi connectivity index (χ4n) is 1.57. The van der Waals surface area contributed by atoms with Gasteiger partial charge in [-0.05, 0) is 6.07 Å². The van der Waals surface area contributed by atoms with Crippen LogP contribution in [0.4, 0.5) is 5.69 Å². The number of nitro groups is 1. The van der Waals surface area contributed by atoms with Crippen LogP contribution in [0.2, 0.25) is 0 Å². The van der Waals surface area contributed by atoms with Crippen molar-refractivity contribution in [1.29, 1.82) is 0 Å². The van der Waals surface area contributed by atoms with Gasteiger partial charge in [-0.15, -0.1) is 5.10 Å². The second-order valence-corrected chi connectivity index (χ2v) is 3.88. The fourth-order valence-corrected chi connectivity index (χ4v) is 1.57. The molecule has 0 unspecified atom stereocenters. The molecule has 1 aromatic carbocycles. The zero-order valence-corrected chi connectivity index (χ0v) is 10.4. The lowest BCUT2D eigenvalue weighted by Gasteiger charge is -2.01. The number of nitro benzene ring substituents is 1. The van der Waals surface area contributed by atoms with E-state index in [1.54, 1.807) is 18.2 Å². The summed E-state index contributed by atoms with van der Waals surface area (Å²) in [5.41, 5.74) is 5.87. The summed E-state index contributed by atoms with van der Waals surface area (Å²) in [6.07, 6.45) is 1.51. The summed E-state index contributed by atoms with van der Waals surface area (Å²) in [4.78, 5) is 21.5. The molecule has 0 spiro atoms. The van der Waals surface area contributed by atoms with Gasteiger partial charge < -0.3 is 11.1 Å². The number of rotatable bonds is 5. The van der Waals surface area contributed by atoms with Crippen LogP contribution in [-0.4, -0.2) is 32.4 Å². The van der Waals surface area contributed by atoms with Gasteiger partial charge in [0.15, 0.2) is 0 Å². The van der Waals surface area contributed by atoms with Crippen LogP contribution in [0.15, 0.2) is 30.5 Å². The number of hydrogen-bond donors (Lipinski definition) is 2. The van der Waals surface area contributed by atoms with Gasteiger partial charge in [-0.1, -0.05) is 17.3 Å². The Morgan fingerprint density at radius 3 is 2.90 bits per heavy atom. The summed E-state index contributed by atoms with van der Waals surface area (Å²) < 4.78 is 1.29. The lowest BCUT2D eigenvalue weighted by molar-refractivity contribution is -0.384. The highest BCUT2D eigenvalue weighted by Crippen LogP contribution is 2.21. The Bertz CT molecular complexity index is 639. The summed E-state index contributed by atoms with van der Waals surface area (Å²) in [5, 5.41) is 21.1. The Morgan fingerprint density at radius 2 is 2.20 bits per heavy atom. The minimum Gasteiger partial charge on any atom is -0.349 e. The lowest BCUT2D eigenvalue weighted by atomic mass is 10.3. The molecule has 0 bridgehead atoms. The molecule has 104 valence electrons. The number of carbonyl (C=O) groups excluding carboxylic acids is 1. The van der Waals surface area contributed by atoms with Crippen LogP contribution in [0.5, 0.6) is 0 Å². The number of carbonyl (C=O) groups is 1. The van der Waals surface area contributed by atoms with E-state index in [4.69, 9.17) is 5.73 Å². The van der Waals surface area contributed by atoms with Crippen LogP contribution in [0, 0.1) is 10.1 Å². The van der Waals surface area contributed by atoms with E-state index in [-0.39, 0.29) is 24.7 Å². The Balaban J connectivity index is 2.21. The van der Waals surface area contributed by atoms with E-state index in [2.05, 4.69) is 15.6 Å². The molecule has 1 amide bonds. The van der Waals surface area contributed by atoms with E-state index in [9.17, 15) is 14.9 Å². The number of aromatic nitrogens is 3. The number of hydrogen-bond acceptors (Lipinski definition) is 6. The quantitative estimate of drug-likeness (QED) is 0.572. The van der Waals surface area contributed by atoms with Crippen molar-refractivity contribution < 1.29 is 9.72 Å². The molecule has 0 saturated heterocycles. The number of nitrogens with zero attached hydrogens (tertiary/aromatic N) is 4. The molecular formula is C11H12N6O3. The van der Waals surface area contributed by atoms with E-state index in [0.29, 0.717) is 11.4 Å². The van der Waals surface area contributed by atoms with Crippen molar-refractivity contribution in [2.75, 3.05) is 6.54 Å². The first-order valence-corrected chi connectivity index (χ1v) is 5.73. The fraction of sp³-hybridized carbons (Fsp3) is 0.182. The van der Waals surface area contributed by atoms with Crippen molar-refractivity contribution in [2.45, 2.75) is 6.54 Å². The first-order chi connectivity index (χ1) is 9.61. The second kappa shape index (κ2) is 5.89. The van der Waals surface area contributed by atoms with Gasteiger partial charge in [0.25, 0.3) is 5.69 Å². The van der Waals surface area contributed by atoms with Gasteiger partial charge in [0.05, 0.1) is 24.2 Å². The molecule has 2 rings (SSSR count). The summed E-state index contributed by atoms with van der Waals surface area (Å²) in [6, 6.07) is 6.18. The highest BCUT2D eigenvalue weighted by molar-refractivity contribution is 5.77. The van der Waals surface area contributed by atoms with Crippen LogP contribution in [0.25, 0.3) is 5.69 Å². The lowest BCUT2D eigenvalue weighted by Crippen LogP contribution is -2.29. The average Bonchev–Trinajstić information content (AvgIpc) is 2.93. The Hall–Kier alpha value is -2.81. The third-order valence-electron chi connectivity index (χ3n) is 2.52. The zero-order chi connectivity index (χ0) is 14.5. The average molecular weight is 276 g/mol. The van der Waals surface area contributed by atoms with Crippen molar-refractivity contribution in [2.24, 2.45) is 5.73 Å². The molecule has 1 aromatic heterocycles. The van der Waals surface area contributed by atoms with E-state index >= 15 is 0 Å². The van der Waals surface area contributed by atoms with Crippen molar-refractivity contribution in [1.82, 2.24) is 20.3 Å². The van der Waals surface area contributed by atoms with Gasteiger partial charge in [-0.3, -0.25) is 14.9 Å². The van der Waals surface area contributed by atoms with Crippen molar-refractivity contribution >= 4 is 11.6 Å². The van der Waals surface area contributed by atoms with Crippen LogP contribution in [0.3, 0.4) is 0 Å². The molecule has 20 heavy (non-hydrogen) atoms. The maximum absolute atomic E-state index is 11.0. The highest BCUT2D eigenvalue weighted by atomic mass is 16.6. The van der Waals surface area contributed by atoms with Crippen LogP contribution >= 0.6 is 0 Å². The molecule has 2 aromatic rings. The maximum Gasteiger partial charge on any atom is 0.294 e. The first-order valence-electron chi connectivity index (χ1n) is 5.73.